The predicted octanol–water partition coefficient (Wildman–Crippen LogP) is 4.66. The zero-order valence-corrected chi connectivity index (χ0v) is 14.7. The minimum Gasteiger partial charge on any atom is -0.306 e. The summed E-state index contributed by atoms with van der Waals surface area (Å²) in [4.78, 5) is 19.8. The van der Waals surface area contributed by atoms with Gasteiger partial charge in [0, 0.05) is 16.5 Å². The summed E-state index contributed by atoms with van der Waals surface area (Å²) >= 11 is 8.29. The molecule has 5 heteroatoms. The zero-order valence-electron chi connectivity index (χ0n) is 11.7. The molecular weight excluding hydrogens is 399 g/mol. The average molecular weight is 415 g/mol. The second-order valence-corrected chi connectivity index (χ2v) is 7.05. The smallest absolute Gasteiger partial charge is 0.264 e. The summed E-state index contributed by atoms with van der Waals surface area (Å²) in [6.07, 6.45) is 4.70. The first-order valence-electron chi connectivity index (χ1n) is 7.12. The van der Waals surface area contributed by atoms with Gasteiger partial charge in [-0.15, -0.1) is 0 Å². The van der Waals surface area contributed by atoms with E-state index in [0.717, 1.165) is 33.2 Å². The Balaban J connectivity index is 2.10. The maximum absolute atomic E-state index is 12.2. The lowest BCUT2D eigenvalue weighted by Crippen LogP contribution is -2.18. The molecule has 0 atom stereocenters. The maximum Gasteiger partial charge on any atom is 0.264 e. The van der Waals surface area contributed by atoms with E-state index in [2.05, 4.69) is 27.6 Å². The van der Waals surface area contributed by atoms with Crippen LogP contribution in [0.3, 0.4) is 0 Å². The summed E-state index contributed by atoms with van der Waals surface area (Å²) in [7, 11) is 0. The zero-order chi connectivity index (χ0) is 15.0. The van der Waals surface area contributed by atoms with Gasteiger partial charge in [0.15, 0.2) is 0 Å². The van der Waals surface area contributed by atoms with Gasteiger partial charge >= 0.3 is 0 Å². The van der Waals surface area contributed by atoms with Crippen molar-refractivity contribution in [1.82, 2.24) is 9.97 Å². The molecule has 0 aliphatic heterocycles. The van der Waals surface area contributed by atoms with E-state index in [1.165, 1.54) is 12.8 Å². The van der Waals surface area contributed by atoms with Crippen molar-refractivity contribution in [1.29, 1.82) is 0 Å². The molecule has 1 heterocycles. The predicted molar refractivity (Wildman–Crippen MR) is 94.0 cm³/mol. The van der Waals surface area contributed by atoms with Crippen LogP contribution < -0.4 is 5.56 Å². The molecule has 110 valence electrons. The first-order chi connectivity index (χ1) is 10.1. The summed E-state index contributed by atoms with van der Waals surface area (Å²) in [6, 6.07) is 5.76. The molecule has 0 amide bonds. The SMILES string of the molecule is Cc1ccc(-c2nc(C3CCCC3)c(I)c(=O)[nH]2)cc1Cl. The quantitative estimate of drug-likeness (QED) is 0.727. The number of aromatic amines is 1. The molecule has 3 nitrogen and oxygen atoms in total. The third-order valence-corrected chi connectivity index (χ3v) is 5.53. The van der Waals surface area contributed by atoms with Crippen molar-refractivity contribution in [2.24, 2.45) is 0 Å². The van der Waals surface area contributed by atoms with Crippen molar-refractivity contribution in [2.45, 2.75) is 38.5 Å². The average Bonchev–Trinajstić information content (AvgIpc) is 2.98. The number of halogens is 2. The molecule has 0 unspecified atom stereocenters. The lowest BCUT2D eigenvalue weighted by Gasteiger charge is -2.12. The topological polar surface area (TPSA) is 45.8 Å². The van der Waals surface area contributed by atoms with E-state index in [0.29, 0.717) is 16.8 Å². The molecule has 1 saturated carbocycles. The van der Waals surface area contributed by atoms with E-state index >= 15 is 0 Å². The number of benzene rings is 1. The molecule has 3 rings (SSSR count). The Morgan fingerprint density at radius 3 is 2.71 bits per heavy atom. The minimum absolute atomic E-state index is 0.0563. The highest BCUT2D eigenvalue weighted by atomic mass is 127. The van der Waals surface area contributed by atoms with Gasteiger partial charge in [-0.3, -0.25) is 4.79 Å². The minimum atomic E-state index is -0.0563. The van der Waals surface area contributed by atoms with Gasteiger partial charge in [0.25, 0.3) is 5.56 Å². The molecule has 0 spiro atoms. The third kappa shape index (κ3) is 3.01. The number of hydrogen-bond acceptors (Lipinski definition) is 2. The molecule has 1 aliphatic carbocycles. The highest BCUT2D eigenvalue weighted by Gasteiger charge is 2.23. The molecule has 1 aromatic carbocycles. The van der Waals surface area contributed by atoms with Crippen molar-refractivity contribution < 1.29 is 0 Å². The molecule has 0 radical (unpaired) electrons. The highest BCUT2D eigenvalue weighted by Crippen LogP contribution is 2.35. The molecular formula is C16H16ClIN2O. The summed E-state index contributed by atoms with van der Waals surface area (Å²) in [5.74, 6) is 1.03. The van der Waals surface area contributed by atoms with Crippen LogP contribution in [0.5, 0.6) is 0 Å². The second-order valence-electron chi connectivity index (χ2n) is 5.56. The number of aryl methyl sites for hydroxylation is 1. The lowest BCUT2D eigenvalue weighted by molar-refractivity contribution is 0.687. The fraction of sp³-hybridized carbons (Fsp3) is 0.375. The van der Waals surface area contributed by atoms with E-state index in [1.54, 1.807) is 0 Å². The monoisotopic (exact) mass is 414 g/mol. The van der Waals surface area contributed by atoms with Gasteiger partial charge in [0.2, 0.25) is 0 Å². The Morgan fingerprint density at radius 1 is 1.33 bits per heavy atom. The van der Waals surface area contributed by atoms with Crippen LogP contribution in [0.4, 0.5) is 0 Å². The number of nitrogens with one attached hydrogen (secondary N) is 1. The normalized spacial score (nSPS) is 15.6. The van der Waals surface area contributed by atoms with Crippen molar-refractivity contribution >= 4 is 34.2 Å². The number of rotatable bonds is 2. The first-order valence-corrected chi connectivity index (χ1v) is 8.58. The van der Waals surface area contributed by atoms with E-state index in [-0.39, 0.29) is 5.56 Å². The van der Waals surface area contributed by atoms with Crippen molar-refractivity contribution in [3.8, 4) is 11.4 Å². The van der Waals surface area contributed by atoms with Crippen molar-refractivity contribution in [2.75, 3.05) is 0 Å². The Bertz CT molecular complexity index is 736. The number of hydrogen-bond donors (Lipinski definition) is 1. The van der Waals surface area contributed by atoms with Gasteiger partial charge in [0.1, 0.15) is 5.82 Å². The first kappa shape index (κ1) is 15.0. The molecule has 0 saturated heterocycles. The molecule has 0 bridgehead atoms. The fourth-order valence-electron chi connectivity index (χ4n) is 2.82. The lowest BCUT2D eigenvalue weighted by atomic mass is 10.0. The summed E-state index contributed by atoms with van der Waals surface area (Å²) in [5.41, 5.74) is 2.77. The summed E-state index contributed by atoms with van der Waals surface area (Å²) in [6.45, 7) is 1.96. The second kappa shape index (κ2) is 6.08. The van der Waals surface area contributed by atoms with Crippen molar-refractivity contribution in [3.63, 3.8) is 0 Å². The standard InChI is InChI=1S/C16H16ClIN2O/c1-9-6-7-11(8-12(9)17)15-19-14(10-4-2-3-5-10)13(18)16(21)20-15/h6-8,10H,2-5H2,1H3,(H,19,20,21). The maximum atomic E-state index is 12.2. The van der Waals surface area contributed by atoms with Gasteiger partial charge in [-0.2, -0.15) is 0 Å². The van der Waals surface area contributed by atoms with Gasteiger partial charge in [-0.1, -0.05) is 36.6 Å². The number of nitrogens with zero attached hydrogens (tertiary/aromatic N) is 1. The number of aromatic nitrogens is 2. The Hall–Kier alpha value is -0.880. The van der Waals surface area contributed by atoms with Gasteiger partial charge in [0.05, 0.1) is 9.26 Å². The summed E-state index contributed by atoms with van der Waals surface area (Å²) in [5, 5.41) is 0.691. The molecule has 1 fully saturated rings. The molecule has 21 heavy (non-hydrogen) atoms. The largest absolute Gasteiger partial charge is 0.306 e. The van der Waals surface area contributed by atoms with Crippen LogP contribution in [-0.4, -0.2) is 9.97 Å². The van der Waals surface area contributed by atoms with Crippen molar-refractivity contribution in [3.05, 3.63) is 48.4 Å². The van der Waals surface area contributed by atoms with Gasteiger partial charge in [-0.05, 0) is 54.0 Å². The molecule has 1 aromatic heterocycles. The Morgan fingerprint density at radius 2 is 2.05 bits per heavy atom. The van der Waals surface area contributed by atoms with Crippen LogP contribution in [0.25, 0.3) is 11.4 Å². The van der Waals surface area contributed by atoms with Gasteiger partial charge < -0.3 is 4.98 Å². The fourth-order valence-corrected chi connectivity index (χ4v) is 3.70. The van der Waals surface area contributed by atoms with E-state index in [4.69, 9.17) is 16.6 Å². The Labute approximate surface area is 142 Å². The Kier molecular flexibility index (Phi) is 4.36. The summed E-state index contributed by atoms with van der Waals surface area (Å²) < 4.78 is 0.724. The van der Waals surface area contributed by atoms with Gasteiger partial charge in [-0.25, -0.2) is 4.98 Å². The van der Waals surface area contributed by atoms with Crippen LogP contribution in [-0.2, 0) is 0 Å². The molecule has 1 N–H and O–H groups in total. The van der Waals surface area contributed by atoms with Crippen LogP contribution in [0, 0.1) is 10.5 Å². The van der Waals surface area contributed by atoms with Crippen LogP contribution in [0.2, 0.25) is 5.02 Å². The van der Waals surface area contributed by atoms with E-state index < -0.39 is 0 Å². The van der Waals surface area contributed by atoms with Crippen LogP contribution in [0.1, 0.15) is 42.9 Å². The van der Waals surface area contributed by atoms with Crippen LogP contribution in [0.15, 0.2) is 23.0 Å². The molecule has 1 aliphatic rings. The van der Waals surface area contributed by atoms with E-state index in [9.17, 15) is 4.79 Å². The highest BCUT2D eigenvalue weighted by molar-refractivity contribution is 14.1. The third-order valence-electron chi connectivity index (χ3n) is 4.08. The van der Waals surface area contributed by atoms with Crippen LogP contribution >= 0.6 is 34.2 Å². The van der Waals surface area contributed by atoms with E-state index in [1.807, 2.05) is 25.1 Å². The number of H-pyrrole nitrogens is 1. The molecule has 2 aromatic rings.